The van der Waals surface area contributed by atoms with Crippen molar-refractivity contribution in [2.45, 2.75) is 26.1 Å². The molecule has 0 unspecified atom stereocenters. The lowest BCUT2D eigenvalue weighted by molar-refractivity contribution is -0.159. The largest absolute Gasteiger partial charge is 0.493 e. The summed E-state index contributed by atoms with van der Waals surface area (Å²) < 4.78 is 35.3. The van der Waals surface area contributed by atoms with E-state index in [2.05, 4.69) is 0 Å². The predicted octanol–water partition coefficient (Wildman–Crippen LogP) is 1.44. The zero-order valence-electron chi connectivity index (χ0n) is 24.5. The summed E-state index contributed by atoms with van der Waals surface area (Å²) in [6, 6.07) is 9.38. The van der Waals surface area contributed by atoms with Gasteiger partial charge < -0.3 is 37.9 Å². The fraction of sp³-hybridized carbons (Fsp3) is 0.207. The van der Waals surface area contributed by atoms with Gasteiger partial charge in [-0.1, -0.05) is 0 Å². The van der Waals surface area contributed by atoms with E-state index in [0.29, 0.717) is 0 Å². The van der Waals surface area contributed by atoms with Crippen molar-refractivity contribution < 1.29 is 71.5 Å². The Bertz CT molecular complexity index is 1650. The first-order valence-corrected chi connectivity index (χ1v) is 12.9. The molecule has 1 heterocycles. The minimum absolute atomic E-state index is 0.0602. The Balaban J connectivity index is 1.93. The van der Waals surface area contributed by atoms with Crippen molar-refractivity contribution in [3.63, 3.8) is 0 Å². The molecular weight excluding hydrogens is 616 g/mol. The Hall–Kier alpha value is -6.39. The minimum Gasteiger partial charge on any atom is -0.493 e. The SMILES string of the molecule is COc1cc(C(=O)O[C@@H](C(=O)O)[C@@H](OC(=O)c2ccc(OC(C)=O)c(OC)c2)C(=O)NNC(=O)c2ccco2)ccc1OC(C)=O. The molecular formula is C29H26N2O15. The third-order valence-corrected chi connectivity index (χ3v) is 5.60. The monoisotopic (exact) mass is 642 g/mol. The van der Waals surface area contributed by atoms with Crippen LogP contribution in [0.4, 0.5) is 0 Å². The molecule has 242 valence electrons. The molecule has 0 saturated heterocycles. The van der Waals surface area contributed by atoms with Gasteiger partial charge in [-0.25, -0.2) is 14.4 Å². The van der Waals surface area contributed by atoms with Gasteiger partial charge in [0.15, 0.2) is 28.8 Å². The van der Waals surface area contributed by atoms with E-state index in [4.69, 9.17) is 32.8 Å². The van der Waals surface area contributed by atoms with Gasteiger partial charge in [-0.15, -0.1) is 0 Å². The fourth-order valence-electron chi connectivity index (χ4n) is 3.59. The van der Waals surface area contributed by atoms with Gasteiger partial charge in [0.2, 0.25) is 12.2 Å². The standard InChI is InChI=1S/C29H26N2O15/c1-14(32)43-18-9-7-16(12-21(18)40-3)28(38)45-23(26(35)31-30-25(34)20-6-5-11-42-20)24(27(36)37)46-29(39)17-8-10-19(44-15(2)33)22(13-17)41-4/h5-13,23-24H,1-4H3,(H,30,34)(H,31,35)(H,36,37)/t23-,24-/m1/s1. The summed E-state index contributed by atoms with van der Waals surface area (Å²) in [5, 5.41) is 9.94. The summed E-state index contributed by atoms with van der Waals surface area (Å²) >= 11 is 0. The molecule has 3 N–H and O–H groups in total. The van der Waals surface area contributed by atoms with E-state index in [1.54, 1.807) is 0 Å². The quantitative estimate of drug-likeness (QED) is 0.144. The lowest BCUT2D eigenvalue weighted by Crippen LogP contribution is -2.54. The van der Waals surface area contributed by atoms with Crippen LogP contribution in [0.5, 0.6) is 23.0 Å². The molecule has 2 amide bonds. The Morgan fingerprint density at radius 3 is 1.61 bits per heavy atom. The molecule has 0 aliphatic heterocycles. The number of hydrogen-bond acceptors (Lipinski definition) is 14. The number of nitrogens with one attached hydrogen (secondary N) is 2. The zero-order chi connectivity index (χ0) is 34.0. The maximum absolute atomic E-state index is 13.2. The maximum Gasteiger partial charge on any atom is 0.349 e. The highest BCUT2D eigenvalue weighted by atomic mass is 16.6. The number of carbonyl (C=O) groups excluding carboxylic acids is 6. The van der Waals surface area contributed by atoms with Crippen molar-refractivity contribution in [1.29, 1.82) is 0 Å². The number of benzene rings is 2. The molecule has 0 radical (unpaired) electrons. The number of carbonyl (C=O) groups is 7. The predicted molar refractivity (Wildman–Crippen MR) is 149 cm³/mol. The second-order valence-corrected chi connectivity index (χ2v) is 8.83. The summed E-state index contributed by atoms with van der Waals surface area (Å²) in [6.07, 6.45) is -3.72. The average Bonchev–Trinajstić information content (AvgIpc) is 3.56. The fourth-order valence-corrected chi connectivity index (χ4v) is 3.59. The van der Waals surface area contributed by atoms with E-state index in [1.165, 1.54) is 44.7 Å². The molecule has 2 atom stereocenters. The number of amides is 2. The zero-order valence-corrected chi connectivity index (χ0v) is 24.5. The number of aliphatic carboxylic acids is 1. The Labute approximate surface area is 259 Å². The molecule has 2 aromatic carbocycles. The van der Waals surface area contributed by atoms with Crippen LogP contribution < -0.4 is 29.8 Å². The van der Waals surface area contributed by atoms with Crippen molar-refractivity contribution in [3.05, 3.63) is 71.7 Å². The van der Waals surface area contributed by atoms with Crippen LogP contribution >= 0.6 is 0 Å². The molecule has 0 fully saturated rings. The third-order valence-electron chi connectivity index (χ3n) is 5.60. The lowest BCUT2D eigenvalue weighted by Gasteiger charge is -2.23. The molecule has 0 aliphatic carbocycles. The number of hydrazine groups is 1. The number of furan rings is 1. The van der Waals surface area contributed by atoms with E-state index < -0.39 is 53.9 Å². The highest BCUT2D eigenvalue weighted by Crippen LogP contribution is 2.30. The number of ether oxygens (including phenoxy) is 6. The van der Waals surface area contributed by atoms with E-state index in [-0.39, 0.29) is 39.9 Å². The van der Waals surface area contributed by atoms with Crippen molar-refractivity contribution in [1.82, 2.24) is 10.9 Å². The highest BCUT2D eigenvalue weighted by Gasteiger charge is 2.41. The van der Waals surface area contributed by atoms with Crippen molar-refractivity contribution in [2.24, 2.45) is 0 Å². The number of esters is 4. The van der Waals surface area contributed by atoms with Crippen LogP contribution in [0.3, 0.4) is 0 Å². The number of methoxy groups -OCH3 is 2. The van der Waals surface area contributed by atoms with Gasteiger partial charge in [-0.3, -0.25) is 30.0 Å². The normalized spacial score (nSPS) is 11.6. The van der Waals surface area contributed by atoms with Crippen molar-refractivity contribution in [3.8, 4) is 23.0 Å². The Morgan fingerprint density at radius 1 is 0.696 bits per heavy atom. The summed E-state index contributed by atoms with van der Waals surface area (Å²) in [6.45, 7) is 2.26. The van der Waals surface area contributed by atoms with E-state index >= 15 is 0 Å². The number of carboxylic acids is 1. The van der Waals surface area contributed by atoms with Gasteiger partial charge in [0.25, 0.3) is 5.91 Å². The molecule has 0 spiro atoms. The van der Waals surface area contributed by atoms with Crippen molar-refractivity contribution >= 4 is 41.7 Å². The second kappa shape index (κ2) is 15.4. The first kappa shape index (κ1) is 34.1. The van der Waals surface area contributed by atoms with Crippen LogP contribution in [0.15, 0.2) is 59.2 Å². The van der Waals surface area contributed by atoms with Gasteiger partial charge in [-0.05, 0) is 48.5 Å². The van der Waals surface area contributed by atoms with Gasteiger partial charge in [0, 0.05) is 13.8 Å². The molecule has 0 bridgehead atoms. The number of rotatable bonds is 12. The molecule has 46 heavy (non-hydrogen) atoms. The molecule has 3 rings (SSSR count). The lowest BCUT2D eigenvalue weighted by atomic mass is 10.1. The van der Waals surface area contributed by atoms with Crippen LogP contribution in [0, 0.1) is 0 Å². The van der Waals surface area contributed by atoms with Gasteiger partial charge in [0.1, 0.15) is 0 Å². The number of hydrogen-bond donors (Lipinski definition) is 3. The topological polar surface area (TPSA) is 232 Å². The smallest absolute Gasteiger partial charge is 0.349 e. The van der Waals surface area contributed by atoms with Crippen LogP contribution in [0.1, 0.15) is 45.1 Å². The molecule has 17 nitrogen and oxygen atoms in total. The van der Waals surface area contributed by atoms with E-state index in [0.717, 1.165) is 38.1 Å². The third kappa shape index (κ3) is 8.82. The van der Waals surface area contributed by atoms with Crippen LogP contribution in [-0.2, 0) is 28.7 Å². The molecule has 3 aromatic rings. The van der Waals surface area contributed by atoms with Gasteiger partial charge >= 0.3 is 35.8 Å². The maximum atomic E-state index is 13.2. The summed E-state index contributed by atoms with van der Waals surface area (Å²) in [5.41, 5.74) is 3.24. The van der Waals surface area contributed by atoms with Gasteiger partial charge in [-0.2, -0.15) is 0 Å². The average molecular weight is 643 g/mol. The molecule has 0 aliphatic rings. The first-order chi connectivity index (χ1) is 21.8. The molecule has 17 heteroatoms. The highest BCUT2D eigenvalue weighted by molar-refractivity contribution is 5.98. The summed E-state index contributed by atoms with van der Waals surface area (Å²) in [7, 11) is 2.42. The van der Waals surface area contributed by atoms with Crippen LogP contribution in [0.25, 0.3) is 0 Å². The summed E-state index contributed by atoms with van der Waals surface area (Å²) in [4.78, 5) is 86.5. The Kier molecular flexibility index (Phi) is 11.4. The second-order valence-electron chi connectivity index (χ2n) is 8.83. The molecule has 0 saturated carbocycles. The van der Waals surface area contributed by atoms with E-state index in [9.17, 15) is 38.7 Å². The molecule has 1 aromatic heterocycles. The Morgan fingerprint density at radius 2 is 1.20 bits per heavy atom. The van der Waals surface area contributed by atoms with Crippen LogP contribution in [-0.4, -0.2) is 73.2 Å². The minimum atomic E-state index is -2.49. The van der Waals surface area contributed by atoms with Gasteiger partial charge in [0.05, 0.1) is 31.6 Å². The number of carboxylic acid groups (broad SMARTS) is 1. The summed E-state index contributed by atoms with van der Waals surface area (Å²) in [5.74, 6) is -8.86. The van der Waals surface area contributed by atoms with Crippen molar-refractivity contribution in [2.75, 3.05) is 14.2 Å². The van der Waals surface area contributed by atoms with E-state index in [1.807, 2.05) is 10.9 Å². The van der Waals surface area contributed by atoms with Crippen LogP contribution in [0.2, 0.25) is 0 Å². The first-order valence-electron chi connectivity index (χ1n) is 12.9.